The van der Waals surface area contributed by atoms with Gasteiger partial charge >= 0.3 is 0 Å². The van der Waals surface area contributed by atoms with Crippen LogP contribution in [-0.2, 0) is 0 Å². The zero-order valence-corrected chi connectivity index (χ0v) is 10.5. The summed E-state index contributed by atoms with van der Waals surface area (Å²) in [6.07, 6.45) is 4.54. The molecule has 0 aliphatic carbocycles. The Morgan fingerprint density at radius 1 is 1.62 bits per heavy atom. The third-order valence-electron chi connectivity index (χ3n) is 2.69. The summed E-state index contributed by atoms with van der Waals surface area (Å²) in [5, 5.41) is 3.24. The lowest BCUT2D eigenvalue weighted by Gasteiger charge is -2.14. The minimum Gasteiger partial charge on any atom is -0.362 e. The van der Waals surface area contributed by atoms with Crippen molar-refractivity contribution in [2.75, 3.05) is 16.8 Å². The number of anilines is 1. The molecule has 88 valence electrons. The van der Waals surface area contributed by atoms with Crippen LogP contribution in [0.2, 0.25) is 0 Å². The fraction of sp³-hybridized carbons (Fsp3) is 0.636. The predicted molar refractivity (Wildman–Crippen MR) is 68.2 cm³/mol. The van der Waals surface area contributed by atoms with Crippen LogP contribution in [0.4, 0.5) is 5.82 Å². The Morgan fingerprint density at radius 2 is 2.44 bits per heavy atom. The molecule has 2 rings (SSSR count). The van der Waals surface area contributed by atoms with Crippen LogP contribution in [0.15, 0.2) is 17.2 Å². The first-order chi connectivity index (χ1) is 7.68. The van der Waals surface area contributed by atoms with E-state index >= 15 is 0 Å². The van der Waals surface area contributed by atoms with Crippen molar-refractivity contribution >= 4 is 17.6 Å². The van der Waals surface area contributed by atoms with Gasteiger partial charge in [0.15, 0.2) is 5.82 Å². The number of thioether (sulfide) groups is 1. The molecule has 1 N–H and O–H groups in total. The lowest BCUT2D eigenvalue weighted by Crippen LogP contribution is -2.29. The topological polar surface area (TPSA) is 46.9 Å². The highest BCUT2D eigenvalue weighted by molar-refractivity contribution is 7.99. The van der Waals surface area contributed by atoms with Gasteiger partial charge in [0.25, 0.3) is 5.56 Å². The fourth-order valence-corrected chi connectivity index (χ4v) is 2.92. The quantitative estimate of drug-likeness (QED) is 0.873. The largest absolute Gasteiger partial charge is 0.362 e. The first-order valence-electron chi connectivity index (χ1n) is 5.60. The highest BCUT2D eigenvalue weighted by Crippen LogP contribution is 2.19. The maximum absolute atomic E-state index is 12.0. The number of nitrogens with zero attached hydrogens (tertiary/aromatic N) is 2. The van der Waals surface area contributed by atoms with E-state index in [0.717, 1.165) is 12.2 Å². The van der Waals surface area contributed by atoms with Crippen molar-refractivity contribution in [3.8, 4) is 0 Å². The highest BCUT2D eigenvalue weighted by Gasteiger charge is 2.17. The predicted octanol–water partition coefficient (Wildman–Crippen LogP) is 1.74. The van der Waals surface area contributed by atoms with Crippen molar-refractivity contribution in [2.45, 2.75) is 32.4 Å². The van der Waals surface area contributed by atoms with E-state index in [1.807, 2.05) is 25.6 Å². The van der Waals surface area contributed by atoms with Gasteiger partial charge in [-0.25, -0.2) is 4.98 Å². The standard InChI is InChI=1S/C11H17N3OS/c1-8(2)14-5-4-12-10(11(14)15)13-9-3-6-16-7-9/h4-5,8-9H,3,6-7H2,1-2H3,(H,12,13). The minimum absolute atomic E-state index is 0.0191. The number of hydrogen-bond acceptors (Lipinski definition) is 4. The second-order valence-electron chi connectivity index (χ2n) is 4.29. The number of rotatable bonds is 3. The van der Waals surface area contributed by atoms with Gasteiger partial charge in [0, 0.05) is 30.2 Å². The Bertz CT molecular complexity index is 410. The van der Waals surface area contributed by atoms with Gasteiger partial charge in [0.05, 0.1) is 0 Å². The summed E-state index contributed by atoms with van der Waals surface area (Å²) in [5.41, 5.74) is -0.0191. The van der Waals surface area contributed by atoms with Gasteiger partial charge in [-0.1, -0.05) is 0 Å². The van der Waals surface area contributed by atoms with Crippen LogP contribution in [0.25, 0.3) is 0 Å². The SMILES string of the molecule is CC(C)n1ccnc(NC2CCSC2)c1=O. The minimum atomic E-state index is -0.0191. The molecular formula is C11H17N3OS. The van der Waals surface area contributed by atoms with Crippen molar-refractivity contribution in [2.24, 2.45) is 0 Å². The molecule has 0 amide bonds. The molecule has 5 heteroatoms. The molecule has 1 atom stereocenters. The molecule has 0 radical (unpaired) electrons. The van der Waals surface area contributed by atoms with Crippen LogP contribution in [-0.4, -0.2) is 27.1 Å². The highest BCUT2D eigenvalue weighted by atomic mass is 32.2. The fourth-order valence-electron chi connectivity index (χ4n) is 1.77. The Balaban J connectivity index is 2.20. The lowest BCUT2D eigenvalue weighted by molar-refractivity contribution is 0.574. The number of aromatic nitrogens is 2. The summed E-state index contributed by atoms with van der Waals surface area (Å²) >= 11 is 1.92. The van der Waals surface area contributed by atoms with Gasteiger partial charge in [-0.15, -0.1) is 0 Å². The normalized spacial score (nSPS) is 20.3. The van der Waals surface area contributed by atoms with Crippen molar-refractivity contribution < 1.29 is 0 Å². The molecule has 1 aromatic heterocycles. The third kappa shape index (κ3) is 2.40. The van der Waals surface area contributed by atoms with E-state index in [9.17, 15) is 4.79 Å². The second-order valence-corrected chi connectivity index (χ2v) is 5.44. The van der Waals surface area contributed by atoms with Gasteiger partial charge in [-0.05, 0) is 26.0 Å². The van der Waals surface area contributed by atoms with Crippen molar-refractivity contribution in [3.63, 3.8) is 0 Å². The summed E-state index contributed by atoms with van der Waals surface area (Å²) in [6.45, 7) is 3.99. The third-order valence-corrected chi connectivity index (χ3v) is 3.86. The molecule has 1 aliphatic heterocycles. The van der Waals surface area contributed by atoms with Gasteiger partial charge < -0.3 is 9.88 Å². The van der Waals surface area contributed by atoms with E-state index in [4.69, 9.17) is 0 Å². The van der Waals surface area contributed by atoms with Crippen molar-refractivity contribution in [1.82, 2.24) is 9.55 Å². The summed E-state index contributed by atoms with van der Waals surface area (Å²) in [6, 6.07) is 0.571. The molecule has 2 heterocycles. The maximum atomic E-state index is 12.0. The molecule has 1 aliphatic rings. The Labute approximate surface area is 99.5 Å². The molecule has 0 bridgehead atoms. The van der Waals surface area contributed by atoms with E-state index in [-0.39, 0.29) is 11.6 Å². The van der Waals surface area contributed by atoms with Crippen LogP contribution >= 0.6 is 11.8 Å². The molecule has 0 aromatic carbocycles. The molecule has 1 unspecified atom stereocenters. The van der Waals surface area contributed by atoms with Gasteiger partial charge in [0.2, 0.25) is 0 Å². The average Bonchev–Trinajstić information content (AvgIpc) is 2.73. The summed E-state index contributed by atoms with van der Waals surface area (Å²) in [4.78, 5) is 16.2. The van der Waals surface area contributed by atoms with Crippen LogP contribution in [0.3, 0.4) is 0 Å². The Kier molecular flexibility index (Phi) is 3.53. The number of nitrogens with one attached hydrogen (secondary N) is 1. The van der Waals surface area contributed by atoms with Crippen LogP contribution in [0.1, 0.15) is 26.3 Å². The second kappa shape index (κ2) is 4.91. The van der Waals surface area contributed by atoms with E-state index < -0.39 is 0 Å². The van der Waals surface area contributed by atoms with Crippen LogP contribution in [0, 0.1) is 0 Å². The first kappa shape index (κ1) is 11.5. The molecule has 1 saturated heterocycles. The van der Waals surface area contributed by atoms with Crippen molar-refractivity contribution in [3.05, 3.63) is 22.7 Å². The van der Waals surface area contributed by atoms with Crippen molar-refractivity contribution in [1.29, 1.82) is 0 Å². The van der Waals surface area contributed by atoms with Gasteiger partial charge in [-0.2, -0.15) is 11.8 Å². The molecule has 4 nitrogen and oxygen atoms in total. The molecule has 0 saturated carbocycles. The first-order valence-corrected chi connectivity index (χ1v) is 6.75. The van der Waals surface area contributed by atoms with E-state index in [2.05, 4.69) is 10.3 Å². The van der Waals surface area contributed by atoms with E-state index in [1.54, 1.807) is 17.0 Å². The van der Waals surface area contributed by atoms with Crippen LogP contribution < -0.4 is 10.9 Å². The Morgan fingerprint density at radius 3 is 3.06 bits per heavy atom. The molecule has 16 heavy (non-hydrogen) atoms. The summed E-state index contributed by atoms with van der Waals surface area (Å²) in [5.74, 6) is 2.73. The van der Waals surface area contributed by atoms with E-state index in [0.29, 0.717) is 11.9 Å². The summed E-state index contributed by atoms with van der Waals surface area (Å²) in [7, 11) is 0. The molecular weight excluding hydrogens is 222 g/mol. The average molecular weight is 239 g/mol. The maximum Gasteiger partial charge on any atom is 0.293 e. The monoisotopic (exact) mass is 239 g/mol. The molecule has 0 spiro atoms. The molecule has 1 fully saturated rings. The van der Waals surface area contributed by atoms with E-state index in [1.165, 1.54) is 5.75 Å². The zero-order chi connectivity index (χ0) is 11.5. The summed E-state index contributed by atoms with van der Waals surface area (Å²) < 4.78 is 1.71. The van der Waals surface area contributed by atoms with Crippen LogP contribution in [0.5, 0.6) is 0 Å². The molecule has 1 aromatic rings. The van der Waals surface area contributed by atoms with Gasteiger partial charge in [-0.3, -0.25) is 4.79 Å². The zero-order valence-electron chi connectivity index (χ0n) is 9.64. The smallest absolute Gasteiger partial charge is 0.293 e. The Hall–Kier alpha value is -0.970. The lowest BCUT2D eigenvalue weighted by atomic mass is 10.2. The van der Waals surface area contributed by atoms with Gasteiger partial charge in [0.1, 0.15) is 0 Å². The number of hydrogen-bond donors (Lipinski definition) is 1.